The quantitative estimate of drug-likeness (QED) is 0.275. The third-order valence-corrected chi connectivity index (χ3v) is 7.30. The summed E-state index contributed by atoms with van der Waals surface area (Å²) in [5.41, 5.74) is 1.27. The number of thiazole rings is 1. The van der Waals surface area contributed by atoms with Crippen molar-refractivity contribution in [3.8, 4) is 0 Å². The van der Waals surface area contributed by atoms with Gasteiger partial charge in [0.05, 0.1) is 18.8 Å². The Bertz CT molecular complexity index is 954. The number of carboxylic acids is 2. The molecule has 3 rings (SSSR count). The van der Waals surface area contributed by atoms with Crippen LogP contribution in [0, 0.1) is 0 Å². The third kappa shape index (κ3) is 9.62. The van der Waals surface area contributed by atoms with Gasteiger partial charge in [-0.1, -0.05) is 50.8 Å². The Morgan fingerprint density at radius 1 is 1.09 bits per heavy atom. The summed E-state index contributed by atoms with van der Waals surface area (Å²) in [4.78, 5) is 39.9. The lowest BCUT2D eigenvalue weighted by Crippen LogP contribution is -2.48. The smallest absolute Gasteiger partial charge is 0.414 e. The number of hydrogen-bond acceptors (Lipinski definition) is 11. The van der Waals surface area contributed by atoms with E-state index in [9.17, 15) is 4.79 Å². The number of aliphatic carboxylic acids is 2. The molecule has 1 fully saturated rings. The van der Waals surface area contributed by atoms with E-state index in [0.29, 0.717) is 11.7 Å². The number of anilines is 1. The first kappa shape index (κ1) is 28.1. The molecule has 3 N–H and O–H groups in total. The molecule has 1 amide bonds. The minimum absolute atomic E-state index is 0.0209. The van der Waals surface area contributed by atoms with Crippen LogP contribution >= 0.6 is 34.4 Å². The highest BCUT2D eigenvalue weighted by molar-refractivity contribution is 8.01. The summed E-state index contributed by atoms with van der Waals surface area (Å²) in [6, 6.07) is 0. The molecule has 1 aliphatic heterocycles. The van der Waals surface area contributed by atoms with E-state index < -0.39 is 11.9 Å². The number of nitrogens with one attached hydrogen (secondary N) is 1. The number of carbonyl (C=O) groups is 3. The Morgan fingerprint density at radius 3 is 2.24 bits per heavy atom. The summed E-state index contributed by atoms with van der Waals surface area (Å²) in [5, 5.41) is 29.7. The molecule has 1 aliphatic rings. The molecule has 1 saturated heterocycles. The van der Waals surface area contributed by atoms with Crippen LogP contribution in [0.4, 0.5) is 5.13 Å². The van der Waals surface area contributed by atoms with Crippen molar-refractivity contribution in [3.05, 3.63) is 16.1 Å². The van der Waals surface area contributed by atoms with E-state index in [0.717, 1.165) is 42.8 Å². The third-order valence-electron chi connectivity index (χ3n) is 4.61. The minimum atomic E-state index is -1.82. The molecule has 34 heavy (non-hydrogen) atoms. The Hall–Kier alpha value is -2.13. The highest BCUT2D eigenvalue weighted by Gasteiger charge is 2.22. The van der Waals surface area contributed by atoms with Crippen LogP contribution in [-0.4, -0.2) is 91.5 Å². The van der Waals surface area contributed by atoms with Crippen molar-refractivity contribution >= 4 is 57.4 Å². The first-order valence-corrected chi connectivity index (χ1v) is 13.3. The molecule has 11 nitrogen and oxygen atoms in total. The van der Waals surface area contributed by atoms with Gasteiger partial charge in [-0.25, -0.2) is 14.6 Å². The van der Waals surface area contributed by atoms with Gasteiger partial charge >= 0.3 is 11.9 Å². The van der Waals surface area contributed by atoms with Crippen molar-refractivity contribution in [2.24, 2.45) is 0 Å². The highest BCUT2D eigenvalue weighted by atomic mass is 32.2. The van der Waals surface area contributed by atoms with Gasteiger partial charge in [0.1, 0.15) is 5.01 Å². The van der Waals surface area contributed by atoms with Crippen molar-refractivity contribution in [1.29, 1.82) is 0 Å². The summed E-state index contributed by atoms with van der Waals surface area (Å²) in [6.45, 7) is 13.6. The van der Waals surface area contributed by atoms with Crippen molar-refractivity contribution in [3.63, 3.8) is 0 Å². The lowest BCUT2D eigenvalue weighted by molar-refractivity contribution is -0.159. The van der Waals surface area contributed by atoms with Gasteiger partial charge in [0, 0.05) is 37.0 Å². The van der Waals surface area contributed by atoms with Crippen molar-refractivity contribution in [2.45, 2.75) is 44.0 Å². The molecule has 14 heteroatoms. The van der Waals surface area contributed by atoms with E-state index in [-0.39, 0.29) is 11.3 Å². The van der Waals surface area contributed by atoms with E-state index in [1.54, 1.807) is 23.1 Å². The predicted molar refractivity (Wildman–Crippen MR) is 133 cm³/mol. The summed E-state index contributed by atoms with van der Waals surface area (Å²) in [5.74, 6) is -2.72. The van der Waals surface area contributed by atoms with Crippen LogP contribution in [-0.2, 0) is 26.3 Å². The minimum Gasteiger partial charge on any atom is -0.473 e. The van der Waals surface area contributed by atoms with E-state index in [4.69, 9.17) is 24.8 Å². The van der Waals surface area contributed by atoms with Crippen LogP contribution in [0.1, 0.15) is 38.4 Å². The number of thioether (sulfide) groups is 1. The van der Waals surface area contributed by atoms with Gasteiger partial charge < -0.3 is 10.2 Å². The van der Waals surface area contributed by atoms with Crippen LogP contribution in [0.5, 0.6) is 0 Å². The van der Waals surface area contributed by atoms with Crippen molar-refractivity contribution in [2.75, 3.05) is 43.8 Å². The molecule has 0 aromatic carbocycles. The predicted octanol–water partition coefficient (Wildman–Crippen LogP) is 2.32. The van der Waals surface area contributed by atoms with E-state index in [1.165, 1.54) is 22.0 Å². The molecule has 0 spiro atoms. The molecule has 2 aromatic heterocycles. The van der Waals surface area contributed by atoms with Crippen LogP contribution < -0.4 is 5.32 Å². The Labute approximate surface area is 210 Å². The summed E-state index contributed by atoms with van der Waals surface area (Å²) in [7, 11) is 0. The number of hydrogen-bond donors (Lipinski definition) is 3. The number of rotatable bonds is 7. The largest absolute Gasteiger partial charge is 0.473 e. The molecular formula is C20H30N6O5S3. The molecule has 0 unspecified atom stereocenters. The Kier molecular flexibility index (Phi) is 10.8. The number of carbonyl (C=O) groups excluding carboxylic acids is 1. The van der Waals surface area contributed by atoms with Crippen molar-refractivity contribution < 1.29 is 24.6 Å². The number of amides is 1. The second-order valence-electron chi connectivity index (χ2n) is 8.39. The average Bonchev–Trinajstić information content (AvgIpc) is 3.39. The Morgan fingerprint density at radius 2 is 1.71 bits per heavy atom. The fraction of sp³-hybridized carbons (Fsp3) is 0.600. The lowest BCUT2D eigenvalue weighted by atomic mass is 9.93. The maximum atomic E-state index is 12.3. The monoisotopic (exact) mass is 530 g/mol. The molecule has 3 heterocycles. The fourth-order valence-corrected chi connectivity index (χ4v) is 5.56. The van der Waals surface area contributed by atoms with Crippen LogP contribution in [0.2, 0.25) is 0 Å². The van der Waals surface area contributed by atoms with Gasteiger partial charge in [-0.2, -0.15) is 0 Å². The fourth-order valence-electron chi connectivity index (χ4n) is 2.83. The molecule has 188 valence electrons. The van der Waals surface area contributed by atoms with Crippen molar-refractivity contribution in [1.82, 2.24) is 25.0 Å². The van der Waals surface area contributed by atoms with Gasteiger partial charge in [-0.05, 0) is 5.75 Å². The molecule has 0 atom stereocenters. The summed E-state index contributed by atoms with van der Waals surface area (Å²) in [6.07, 6.45) is 0. The SMILES string of the molecule is CCSc1nnc(NC(=O)CN2CCN(Cc3nc(C(C)(C)C)cs3)CC2)s1.O=C(O)C(=O)O. The Balaban J connectivity index is 0.000000604. The standard InChI is InChI=1S/C18H28N6OS3.C2H2O4/c1-5-26-17-22-21-16(28-17)20-14(25)10-23-6-8-24(9-7-23)11-15-19-13(12-27-15)18(2,3)4;3-1(4)2(5)6/h12H,5-11H2,1-4H3,(H,20,21,25);(H,3,4)(H,5,6). The first-order chi connectivity index (χ1) is 16.0. The van der Waals surface area contributed by atoms with E-state index in [1.807, 2.05) is 0 Å². The lowest BCUT2D eigenvalue weighted by Gasteiger charge is -2.33. The topological polar surface area (TPSA) is 149 Å². The maximum absolute atomic E-state index is 12.3. The second-order valence-corrected chi connectivity index (χ2v) is 11.8. The second kappa shape index (κ2) is 13.1. The number of carboxylic acid groups (broad SMARTS) is 2. The van der Waals surface area contributed by atoms with Crippen LogP contribution in [0.15, 0.2) is 9.72 Å². The van der Waals surface area contributed by atoms with Gasteiger partial charge in [-0.15, -0.1) is 21.5 Å². The van der Waals surface area contributed by atoms with Gasteiger partial charge in [-0.3, -0.25) is 19.9 Å². The zero-order chi connectivity index (χ0) is 25.3. The molecular weight excluding hydrogens is 500 g/mol. The highest BCUT2D eigenvalue weighted by Crippen LogP contribution is 2.26. The van der Waals surface area contributed by atoms with Gasteiger partial charge in [0.25, 0.3) is 0 Å². The zero-order valence-corrected chi connectivity index (χ0v) is 22.1. The molecule has 2 aromatic rings. The number of aromatic nitrogens is 3. The average molecular weight is 531 g/mol. The van der Waals surface area contributed by atoms with E-state index in [2.05, 4.69) is 58.4 Å². The van der Waals surface area contributed by atoms with Crippen LogP contribution in [0.25, 0.3) is 0 Å². The molecule has 0 bridgehead atoms. The summed E-state index contributed by atoms with van der Waals surface area (Å²) < 4.78 is 0.892. The maximum Gasteiger partial charge on any atom is 0.414 e. The number of piperazine rings is 1. The van der Waals surface area contributed by atoms with Crippen LogP contribution in [0.3, 0.4) is 0 Å². The summed E-state index contributed by atoms with van der Waals surface area (Å²) >= 11 is 4.81. The van der Waals surface area contributed by atoms with Gasteiger partial charge in [0.15, 0.2) is 4.34 Å². The molecule has 0 aliphatic carbocycles. The molecule has 0 radical (unpaired) electrons. The zero-order valence-electron chi connectivity index (χ0n) is 19.6. The number of nitrogens with zero attached hydrogens (tertiary/aromatic N) is 5. The first-order valence-electron chi connectivity index (χ1n) is 10.6. The molecule has 0 saturated carbocycles. The van der Waals surface area contributed by atoms with Gasteiger partial charge in [0.2, 0.25) is 11.0 Å². The van der Waals surface area contributed by atoms with E-state index >= 15 is 0 Å². The normalized spacial score (nSPS) is 14.8.